The molecule has 1 heterocycles. The van der Waals surface area contributed by atoms with Crippen molar-refractivity contribution in [2.45, 2.75) is 39.7 Å². The molecule has 0 bridgehead atoms. The summed E-state index contributed by atoms with van der Waals surface area (Å²) in [4.78, 5) is 6.75. The largest absolute Gasteiger partial charge is 0.379 e. The Labute approximate surface area is 147 Å². The van der Waals surface area contributed by atoms with E-state index in [1.807, 2.05) is 7.05 Å². The summed E-state index contributed by atoms with van der Waals surface area (Å²) in [6.45, 7) is 12.7. The van der Waals surface area contributed by atoms with Crippen LogP contribution in [0.5, 0.6) is 0 Å². The quantitative estimate of drug-likeness (QED) is 0.290. The van der Waals surface area contributed by atoms with Crippen LogP contribution in [0.3, 0.4) is 0 Å². The van der Waals surface area contributed by atoms with E-state index in [1.165, 1.54) is 19.4 Å². The molecule has 0 amide bonds. The lowest BCUT2D eigenvalue weighted by molar-refractivity contribution is 0.0372. The number of nitrogens with one attached hydrogen (secondary N) is 2. The van der Waals surface area contributed by atoms with Crippen molar-refractivity contribution in [3.8, 4) is 0 Å². The summed E-state index contributed by atoms with van der Waals surface area (Å²) >= 11 is 0. The second-order valence-electron chi connectivity index (χ2n) is 5.84. The zero-order valence-electron chi connectivity index (χ0n) is 14.0. The fraction of sp³-hybridized carbons (Fsp3) is 0.933. The van der Waals surface area contributed by atoms with Gasteiger partial charge in [0.15, 0.2) is 5.96 Å². The van der Waals surface area contributed by atoms with Crippen molar-refractivity contribution in [2.75, 3.05) is 46.4 Å². The molecule has 0 aromatic heterocycles. The van der Waals surface area contributed by atoms with Crippen LogP contribution in [0, 0.1) is 5.92 Å². The first-order valence-corrected chi connectivity index (χ1v) is 7.90. The van der Waals surface area contributed by atoms with E-state index in [0.717, 1.165) is 38.8 Å². The smallest absolute Gasteiger partial charge is 0.191 e. The zero-order chi connectivity index (χ0) is 14.8. The van der Waals surface area contributed by atoms with Crippen LogP contribution < -0.4 is 10.6 Å². The van der Waals surface area contributed by atoms with E-state index in [-0.39, 0.29) is 24.0 Å². The van der Waals surface area contributed by atoms with E-state index in [1.54, 1.807) is 0 Å². The number of ether oxygens (including phenoxy) is 1. The molecule has 1 saturated heterocycles. The maximum Gasteiger partial charge on any atom is 0.191 e. The number of morpholine rings is 1. The fourth-order valence-corrected chi connectivity index (χ4v) is 2.07. The monoisotopic (exact) mass is 412 g/mol. The average molecular weight is 412 g/mol. The molecule has 0 aromatic carbocycles. The van der Waals surface area contributed by atoms with Crippen LogP contribution in [-0.4, -0.2) is 63.3 Å². The summed E-state index contributed by atoms with van der Waals surface area (Å²) < 4.78 is 5.35. The molecule has 1 aliphatic heterocycles. The summed E-state index contributed by atoms with van der Waals surface area (Å²) in [5.41, 5.74) is 0. The molecule has 0 radical (unpaired) electrons. The highest BCUT2D eigenvalue weighted by molar-refractivity contribution is 14.0. The number of aliphatic imine (C=N–C) groups is 1. The van der Waals surface area contributed by atoms with Crippen molar-refractivity contribution in [1.82, 2.24) is 15.5 Å². The molecule has 5 nitrogen and oxygen atoms in total. The van der Waals surface area contributed by atoms with Crippen LogP contribution >= 0.6 is 24.0 Å². The van der Waals surface area contributed by atoms with Gasteiger partial charge in [0.25, 0.3) is 0 Å². The molecule has 0 spiro atoms. The maximum absolute atomic E-state index is 5.35. The predicted molar refractivity (Wildman–Crippen MR) is 101 cm³/mol. The second-order valence-corrected chi connectivity index (χ2v) is 5.84. The average Bonchev–Trinajstić information content (AvgIpc) is 2.46. The third kappa shape index (κ3) is 9.52. The SMILES string of the molecule is CN=C(NCCCCN1CCOCC1)NC(C)C(C)C.I. The number of hydrogen-bond donors (Lipinski definition) is 2. The molecule has 1 atom stereocenters. The molecule has 1 aliphatic rings. The Morgan fingerprint density at radius 1 is 1.19 bits per heavy atom. The first-order valence-electron chi connectivity index (χ1n) is 7.90. The van der Waals surface area contributed by atoms with Crippen molar-refractivity contribution in [2.24, 2.45) is 10.9 Å². The fourth-order valence-electron chi connectivity index (χ4n) is 2.07. The topological polar surface area (TPSA) is 48.9 Å². The Morgan fingerprint density at radius 2 is 1.86 bits per heavy atom. The summed E-state index contributed by atoms with van der Waals surface area (Å²) in [5.74, 6) is 1.52. The Balaban J connectivity index is 0.00000400. The minimum Gasteiger partial charge on any atom is -0.379 e. The molecular weight excluding hydrogens is 379 g/mol. The molecule has 1 fully saturated rings. The summed E-state index contributed by atoms with van der Waals surface area (Å²) in [6, 6.07) is 0.439. The van der Waals surface area contributed by atoms with Gasteiger partial charge in [0.05, 0.1) is 13.2 Å². The lowest BCUT2D eigenvalue weighted by atomic mass is 10.1. The van der Waals surface area contributed by atoms with Gasteiger partial charge in [-0.1, -0.05) is 13.8 Å². The zero-order valence-corrected chi connectivity index (χ0v) is 16.4. The predicted octanol–water partition coefficient (Wildman–Crippen LogP) is 1.93. The molecule has 21 heavy (non-hydrogen) atoms. The van der Waals surface area contributed by atoms with Crippen LogP contribution in [-0.2, 0) is 4.74 Å². The number of hydrogen-bond acceptors (Lipinski definition) is 3. The number of nitrogens with zero attached hydrogens (tertiary/aromatic N) is 2. The van der Waals surface area contributed by atoms with Gasteiger partial charge in [0.1, 0.15) is 0 Å². The number of rotatable bonds is 7. The van der Waals surface area contributed by atoms with Gasteiger partial charge in [-0.15, -0.1) is 24.0 Å². The summed E-state index contributed by atoms with van der Waals surface area (Å²) in [6.07, 6.45) is 2.40. The first kappa shape index (κ1) is 20.9. The van der Waals surface area contributed by atoms with E-state index in [4.69, 9.17) is 4.74 Å². The van der Waals surface area contributed by atoms with Crippen LogP contribution in [0.1, 0.15) is 33.6 Å². The normalized spacial score (nSPS) is 18.2. The van der Waals surface area contributed by atoms with Gasteiger partial charge in [-0.05, 0) is 32.2 Å². The molecular formula is C15H33IN4O. The van der Waals surface area contributed by atoms with Gasteiger partial charge in [-0.25, -0.2) is 0 Å². The third-order valence-electron chi connectivity index (χ3n) is 3.89. The highest BCUT2D eigenvalue weighted by Gasteiger charge is 2.10. The lowest BCUT2D eigenvalue weighted by Crippen LogP contribution is -2.44. The van der Waals surface area contributed by atoms with Crippen molar-refractivity contribution in [1.29, 1.82) is 0 Å². The molecule has 0 saturated carbocycles. The molecule has 0 aromatic rings. The molecule has 0 aliphatic carbocycles. The lowest BCUT2D eigenvalue weighted by Gasteiger charge is -2.26. The van der Waals surface area contributed by atoms with Crippen molar-refractivity contribution < 1.29 is 4.74 Å². The van der Waals surface area contributed by atoms with Crippen LogP contribution in [0.2, 0.25) is 0 Å². The number of unbranched alkanes of at least 4 members (excludes halogenated alkanes) is 1. The Morgan fingerprint density at radius 3 is 2.43 bits per heavy atom. The van der Waals surface area contributed by atoms with Crippen molar-refractivity contribution in [3.63, 3.8) is 0 Å². The first-order chi connectivity index (χ1) is 9.63. The van der Waals surface area contributed by atoms with E-state index >= 15 is 0 Å². The van der Waals surface area contributed by atoms with Gasteiger partial charge < -0.3 is 15.4 Å². The van der Waals surface area contributed by atoms with Gasteiger partial charge in [0, 0.05) is 32.7 Å². The number of guanidine groups is 1. The van der Waals surface area contributed by atoms with Gasteiger partial charge in [-0.2, -0.15) is 0 Å². The van der Waals surface area contributed by atoms with Crippen molar-refractivity contribution in [3.05, 3.63) is 0 Å². The van der Waals surface area contributed by atoms with E-state index < -0.39 is 0 Å². The van der Waals surface area contributed by atoms with Gasteiger partial charge in [0.2, 0.25) is 0 Å². The highest BCUT2D eigenvalue weighted by Crippen LogP contribution is 2.00. The van der Waals surface area contributed by atoms with E-state index in [9.17, 15) is 0 Å². The minimum atomic E-state index is 0. The van der Waals surface area contributed by atoms with E-state index in [0.29, 0.717) is 12.0 Å². The molecule has 126 valence electrons. The molecule has 6 heteroatoms. The second kappa shape index (κ2) is 12.5. The molecule has 2 N–H and O–H groups in total. The Kier molecular flexibility index (Phi) is 12.4. The third-order valence-corrected chi connectivity index (χ3v) is 3.89. The standard InChI is InChI=1S/C15H32N4O.HI/c1-13(2)14(3)18-15(16-4)17-7-5-6-8-19-9-11-20-12-10-19;/h13-14H,5-12H2,1-4H3,(H2,16,17,18);1H. The Hall–Kier alpha value is -0.0800. The van der Waals surface area contributed by atoms with Gasteiger partial charge >= 0.3 is 0 Å². The Bertz CT molecular complexity index is 281. The number of halogens is 1. The van der Waals surface area contributed by atoms with Crippen LogP contribution in [0.25, 0.3) is 0 Å². The van der Waals surface area contributed by atoms with Crippen LogP contribution in [0.15, 0.2) is 4.99 Å². The highest BCUT2D eigenvalue weighted by atomic mass is 127. The van der Waals surface area contributed by atoms with Crippen LogP contribution in [0.4, 0.5) is 0 Å². The molecule has 1 unspecified atom stereocenters. The van der Waals surface area contributed by atoms with Crippen molar-refractivity contribution >= 4 is 29.9 Å². The molecule has 1 rings (SSSR count). The minimum absolute atomic E-state index is 0. The van der Waals surface area contributed by atoms with E-state index in [2.05, 4.69) is 41.3 Å². The summed E-state index contributed by atoms with van der Waals surface area (Å²) in [5, 5.41) is 6.81. The maximum atomic E-state index is 5.35. The van der Waals surface area contributed by atoms with Gasteiger partial charge in [-0.3, -0.25) is 9.89 Å². The summed E-state index contributed by atoms with van der Waals surface area (Å²) in [7, 11) is 1.83.